The van der Waals surface area contributed by atoms with Crippen LogP contribution >= 0.6 is 35.3 Å². The molecule has 0 spiro atoms. The van der Waals surface area contributed by atoms with Crippen LogP contribution in [0.2, 0.25) is 0 Å². The lowest BCUT2D eigenvalue weighted by atomic mass is 9.76. The first-order valence-electron chi connectivity index (χ1n) is 44.1. The molecule has 0 unspecified atom stereocenters. The number of amides is 8. The van der Waals surface area contributed by atoms with Crippen molar-refractivity contribution in [3.8, 4) is 0 Å². The monoisotopic (exact) mass is 1810 g/mol. The van der Waals surface area contributed by atoms with Crippen molar-refractivity contribution in [3.05, 3.63) is 323 Å². The minimum absolute atomic E-state index is 0.0302. The van der Waals surface area contributed by atoms with Crippen molar-refractivity contribution in [2.24, 2.45) is 11.8 Å². The van der Waals surface area contributed by atoms with E-state index in [0.717, 1.165) is 61.8 Å². The van der Waals surface area contributed by atoms with Crippen LogP contribution in [0.15, 0.2) is 273 Å². The summed E-state index contributed by atoms with van der Waals surface area (Å²) in [5.74, 6) is -7.51. The molecule has 0 aliphatic rings. The normalized spacial score (nSPS) is 14.4. The zero-order chi connectivity index (χ0) is 93.5. The van der Waals surface area contributed by atoms with E-state index in [0.29, 0.717) is 6.42 Å². The van der Waals surface area contributed by atoms with Crippen molar-refractivity contribution in [3.63, 3.8) is 0 Å². The lowest BCUT2D eigenvalue weighted by molar-refractivity contribution is -0.146. The molecule has 0 radical (unpaired) electrons. The molecule has 25 heteroatoms. The Bertz CT molecular complexity index is 4750. The first-order valence-corrected chi connectivity index (χ1v) is 47.2. The predicted octanol–water partition coefficient (Wildman–Crippen LogP) is 14.7. The maximum absolute atomic E-state index is 16.7. The topological polar surface area (TPSA) is 299 Å². The summed E-state index contributed by atoms with van der Waals surface area (Å²) in [5.41, 5.74) is 3.85. The third kappa shape index (κ3) is 28.8. The molecule has 8 amide bonds. The zero-order valence-electron chi connectivity index (χ0n) is 77.0. The summed E-state index contributed by atoms with van der Waals surface area (Å²) < 4.78 is 22.3. The average Bonchev–Trinajstić information content (AvgIpc) is 0.755. The Morgan fingerprint density at radius 2 is 0.628 bits per heavy atom. The van der Waals surface area contributed by atoms with Gasteiger partial charge in [0.25, 0.3) is 0 Å². The fraction of sp³-hybridized carbons (Fsp3) is 0.394. The molecule has 0 aliphatic heterocycles. The molecular weight excluding hydrogens is 1680 g/mol. The maximum atomic E-state index is 16.7. The molecule has 0 saturated carbocycles. The molecule has 686 valence electrons. The molecule has 9 aromatic carbocycles. The van der Waals surface area contributed by atoms with Gasteiger partial charge in [0, 0.05) is 24.2 Å². The van der Waals surface area contributed by atoms with Crippen LogP contribution in [-0.4, -0.2) is 168 Å². The van der Waals surface area contributed by atoms with Crippen LogP contribution in [0.5, 0.6) is 0 Å². The quantitative estimate of drug-likeness (QED) is 0.00741. The Hall–Kier alpha value is -10.9. The smallest absolute Gasteiger partial charge is 0.328 e. The molecule has 9 N–H and O–H groups in total. The van der Waals surface area contributed by atoms with Gasteiger partial charge in [0.2, 0.25) is 47.3 Å². The summed E-state index contributed by atoms with van der Waals surface area (Å²) in [4.78, 5) is 137. The maximum Gasteiger partial charge on any atom is 0.328 e. The Balaban J connectivity index is 1.10. The van der Waals surface area contributed by atoms with Gasteiger partial charge in [0.15, 0.2) is 0 Å². The highest BCUT2D eigenvalue weighted by molar-refractivity contribution is 8.01. The van der Waals surface area contributed by atoms with Crippen LogP contribution in [-0.2, 0) is 77.1 Å². The Kier molecular flexibility index (Phi) is 38.0. The fourth-order valence-electron chi connectivity index (χ4n) is 15.3. The molecular formula is C104H129N9O13S3. The zero-order valence-corrected chi connectivity index (χ0v) is 79.5. The first kappa shape index (κ1) is 102. The van der Waals surface area contributed by atoms with Gasteiger partial charge in [-0.2, -0.15) is 0 Å². The number of ether oxygens (including phenoxy) is 4. The van der Waals surface area contributed by atoms with Crippen LogP contribution in [0.25, 0.3) is 0 Å². The number of carbonyl (C=O) groups excluding carboxylic acids is 9. The highest BCUT2D eigenvalue weighted by atomic mass is 32.2. The largest absolute Gasteiger partial charge is 0.467 e. The number of hydrogen-bond acceptors (Lipinski definition) is 17. The van der Waals surface area contributed by atoms with Crippen molar-refractivity contribution < 1.29 is 62.1 Å². The summed E-state index contributed by atoms with van der Waals surface area (Å²) in [6.07, 6.45) is -0.647. The van der Waals surface area contributed by atoms with Crippen LogP contribution in [0.4, 0.5) is 0 Å². The van der Waals surface area contributed by atoms with Crippen molar-refractivity contribution in [1.29, 1.82) is 0 Å². The van der Waals surface area contributed by atoms with Crippen molar-refractivity contribution in [1.82, 2.24) is 47.9 Å². The molecule has 0 fully saturated rings. The molecule has 0 aromatic heterocycles. The van der Waals surface area contributed by atoms with Gasteiger partial charge in [-0.15, -0.1) is 35.3 Å². The second-order valence-corrected chi connectivity index (χ2v) is 39.1. The van der Waals surface area contributed by atoms with Crippen molar-refractivity contribution in [2.75, 3.05) is 43.5 Å². The standard InChI is InChI=1S/C104H129N9O13S3/c1-17-71(4)89(96(120)110-87(93(117)107-84(64-124-99(7,8)9)91(115)106-83(63-70(2)3)98(122)123-16)67-128-103(77-51-33-21-34-52-77,78-53-35-22-36-54-78)79-55-37-23-38-56-79)111-92(116)85(65-125-100(10,11)12)108-97(121)90(72(5)126-101(13,14)15)112-94(118)86(66-127-69-105-73(6)114)109-95(119)88(113-102(74-45-27-18-28-46-74,75-47-29-19-30-48-75)76-49-31-20-32-50-76)68-129-104(80-57-39-24-40-58-80,81-59-41-25-42-60-81)82-61-43-26-44-62-82/h18-62,70-72,83-90,113H,17,63-69H2,1-16H3,(H,105,114)(H,106,115)(H,107,117)(H,108,121)(H,109,119)(H,110,120)(H,111,116)(H,112,118)/t71-,72+,83-,84-,85-,86-,87-,88-,89-,90-/m0/s1. The Morgan fingerprint density at radius 3 is 0.969 bits per heavy atom. The van der Waals surface area contributed by atoms with E-state index >= 15 is 28.8 Å². The number of esters is 1. The average molecular weight is 1810 g/mol. The lowest BCUT2D eigenvalue weighted by Gasteiger charge is -2.41. The molecule has 9 rings (SSSR count). The third-order valence-corrected chi connectivity index (χ3v) is 26.0. The number of benzene rings is 9. The molecule has 0 saturated heterocycles. The van der Waals surface area contributed by atoms with Crippen LogP contribution < -0.4 is 47.9 Å². The first-order chi connectivity index (χ1) is 61.5. The van der Waals surface area contributed by atoms with Gasteiger partial charge in [0.05, 0.1) is 70.2 Å². The van der Waals surface area contributed by atoms with Crippen LogP contribution in [0.3, 0.4) is 0 Å². The summed E-state index contributed by atoms with van der Waals surface area (Å²) in [7, 11) is 1.22. The van der Waals surface area contributed by atoms with E-state index in [-0.39, 0.29) is 48.0 Å². The summed E-state index contributed by atoms with van der Waals surface area (Å²) in [5, 5.41) is 27.6. The van der Waals surface area contributed by atoms with Gasteiger partial charge < -0.3 is 61.5 Å². The van der Waals surface area contributed by atoms with E-state index in [4.69, 9.17) is 18.9 Å². The van der Waals surface area contributed by atoms with Crippen LogP contribution in [0.1, 0.15) is 167 Å². The fourth-order valence-corrected chi connectivity index (χ4v) is 19.4. The van der Waals surface area contributed by atoms with Crippen molar-refractivity contribution in [2.45, 2.75) is 203 Å². The molecule has 10 atom stereocenters. The summed E-state index contributed by atoms with van der Waals surface area (Å²) >= 11 is 4.08. The Morgan fingerprint density at radius 1 is 0.341 bits per heavy atom. The summed E-state index contributed by atoms with van der Waals surface area (Å²) in [6.45, 7) is 25.6. The number of carbonyl (C=O) groups is 9. The minimum atomic E-state index is -1.63. The highest BCUT2D eigenvalue weighted by Gasteiger charge is 2.47. The van der Waals surface area contributed by atoms with E-state index < -0.39 is 146 Å². The number of methoxy groups -OCH3 is 1. The predicted molar refractivity (Wildman–Crippen MR) is 517 cm³/mol. The van der Waals surface area contributed by atoms with Gasteiger partial charge in [-0.3, -0.25) is 43.7 Å². The van der Waals surface area contributed by atoms with Gasteiger partial charge in [0.1, 0.15) is 42.3 Å². The lowest BCUT2D eigenvalue weighted by Crippen LogP contribution is -2.64. The number of hydrogen-bond donors (Lipinski definition) is 9. The van der Waals surface area contributed by atoms with E-state index in [1.807, 2.05) is 257 Å². The second kappa shape index (κ2) is 48.1. The van der Waals surface area contributed by atoms with E-state index in [1.165, 1.54) is 25.8 Å². The van der Waals surface area contributed by atoms with Gasteiger partial charge in [-0.05, 0) is 138 Å². The molecule has 0 aliphatic carbocycles. The third-order valence-electron chi connectivity index (χ3n) is 21.8. The van der Waals surface area contributed by atoms with Crippen molar-refractivity contribution >= 4 is 88.5 Å². The number of thioether (sulfide) groups is 3. The van der Waals surface area contributed by atoms with E-state index in [2.05, 4.69) is 84.2 Å². The minimum Gasteiger partial charge on any atom is -0.467 e. The Labute approximate surface area is 774 Å². The number of rotatable bonds is 46. The molecule has 0 heterocycles. The summed E-state index contributed by atoms with van der Waals surface area (Å²) in [6, 6.07) is 78.0. The molecule has 22 nitrogen and oxygen atoms in total. The van der Waals surface area contributed by atoms with E-state index in [1.54, 1.807) is 87.9 Å². The van der Waals surface area contributed by atoms with Gasteiger partial charge in [-0.1, -0.05) is 307 Å². The second-order valence-electron chi connectivity index (χ2n) is 35.6. The van der Waals surface area contributed by atoms with Gasteiger partial charge >= 0.3 is 5.97 Å². The SMILES string of the molecule is CC[C@H](C)[C@H](NC(=O)[C@H](COC(C)(C)C)NC(=O)[C@@H](NC(=O)[C@H](CSCNC(C)=O)NC(=O)[C@H](CSC(c1ccccc1)(c1ccccc1)c1ccccc1)NC(c1ccccc1)(c1ccccc1)c1ccccc1)[C@@H](C)OC(C)(C)C)C(=O)N[C@@H](CSC(c1ccccc1)(c1ccccc1)c1ccccc1)C(=O)N[C@@H](COC(C)(C)C)C(=O)N[C@@H](CC(C)C)C(=O)OC. The van der Waals surface area contributed by atoms with E-state index in [9.17, 15) is 14.4 Å². The van der Waals surface area contributed by atoms with Crippen LogP contribution in [0, 0.1) is 11.8 Å². The highest BCUT2D eigenvalue weighted by Crippen LogP contribution is 2.51. The number of nitrogens with one attached hydrogen (secondary N) is 9. The molecule has 0 bridgehead atoms. The molecule has 129 heavy (non-hydrogen) atoms. The van der Waals surface area contributed by atoms with Gasteiger partial charge in [-0.25, -0.2) is 4.79 Å². The molecule has 9 aromatic rings.